The number of carbonyl (C=O) groups excluding carboxylic acids is 1. The van der Waals surface area contributed by atoms with E-state index in [1.54, 1.807) is 0 Å². The van der Waals surface area contributed by atoms with Crippen molar-refractivity contribution in [1.82, 2.24) is 9.38 Å². The van der Waals surface area contributed by atoms with Crippen LogP contribution in [-0.2, 0) is 11.2 Å². The number of aryl methyl sites for hydroxylation is 1. The lowest BCUT2D eigenvalue weighted by molar-refractivity contribution is -0.116. The summed E-state index contributed by atoms with van der Waals surface area (Å²) in [5, 5.41) is 5.20. The molecule has 4 aromatic rings. The molecule has 2 aromatic heterocycles. The number of nitrogens with zero attached hydrogens (tertiary/aromatic N) is 2. The predicted octanol–water partition coefficient (Wildman–Crippen LogP) is 5.57. The standard InChI is InChI=1S/C20H14ClF2N3OS/c21-13-3-1-12(2-4-13)18-10-26-15(11-28-20(26)25-18)6-8-19(27)24-14-5-7-16(22)17(23)9-14/h1-5,7,9-11H,6,8H2,(H,24,27). The third-order valence-corrected chi connectivity index (χ3v) is 5.38. The summed E-state index contributed by atoms with van der Waals surface area (Å²) in [6.07, 6.45) is 2.63. The van der Waals surface area contributed by atoms with Gasteiger partial charge in [-0.3, -0.25) is 9.20 Å². The fraction of sp³-hybridized carbons (Fsp3) is 0.100. The van der Waals surface area contributed by atoms with Crippen LogP contribution in [0.2, 0.25) is 5.02 Å². The number of thiazole rings is 1. The number of aromatic nitrogens is 2. The molecule has 0 spiro atoms. The second-order valence-corrected chi connectivity index (χ2v) is 7.46. The molecule has 0 fully saturated rings. The molecule has 0 bridgehead atoms. The summed E-state index contributed by atoms with van der Waals surface area (Å²) in [6, 6.07) is 10.7. The Kier molecular flexibility index (Phi) is 5.11. The van der Waals surface area contributed by atoms with Crippen molar-refractivity contribution in [2.45, 2.75) is 12.8 Å². The molecule has 2 aromatic carbocycles. The molecule has 0 radical (unpaired) electrons. The van der Waals surface area contributed by atoms with E-state index < -0.39 is 11.6 Å². The van der Waals surface area contributed by atoms with E-state index in [0.717, 1.165) is 34.0 Å². The fourth-order valence-electron chi connectivity index (χ4n) is 2.81. The number of fused-ring (bicyclic) bond motifs is 1. The van der Waals surface area contributed by atoms with Crippen LogP contribution in [0.4, 0.5) is 14.5 Å². The molecule has 4 rings (SSSR count). The van der Waals surface area contributed by atoms with Crippen molar-refractivity contribution in [3.63, 3.8) is 0 Å². The fourth-order valence-corrected chi connectivity index (χ4v) is 3.84. The van der Waals surface area contributed by atoms with Crippen LogP contribution in [0, 0.1) is 11.6 Å². The van der Waals surface area contributed by atoms with E-state index in [1.807, 2.05) is 40.2 Å². The van der Waals surface area contributed by atoms with E-state index in [2.05, 4.69) is 10.3 Å². The van der Waals surface area contributed by atoms with E-state index in [9.17, 15) is 13.6 Å². The maximum Gasteiger partial charge on any atom is 0.224 e. The van der Waals surface area contributed by atoms with Crippen molar-refractivity contribution < 1.29 is 13.6 Å². The van der Waals surface area contributed by atoms with Crippen molar-refractivity contribution in [3.05, 3.63) is 76.4 Å². The van der Waals surface area contributed by atoms with Gasteiger partial charge in [0, 0.05) is 46.0 Å². The third kappa shape index (κ3) is 3.90. The minimum Gasteiger partial charge on any atom is -0.326 e. The minimum atomic E-state index is -0.995. The molecule has 1 N–H and O–H groups in total. The van der Waals surface area contributed by atoms with Crippen LogP contribution in [0.5, 0.6) is 0 Å². The Hall–Kier alpha value is -2.77. The molecule has 0 aliphatic carbocycles. The SMILES string of the molecule is O=C(CCc1csc2nc(-c3ccc(Cl)cc3)cn12)Nc1ccc(F)c(F)c1. The number of rotatable bonds is 5. The highest BCUT2D eigenvalue weighted by molar-refractivity contribution is 7.15. The van der Waals surface area contributed by atoms with Crippen LogP contribution in [-0.4, -0.2) is 15.3 Å². The first kappa shape index (κ1) is 18.6. The Morgan fingerprint density at radius 2 is 1.93 bits per heavy atom. The van der Waals surface area contributed by atoms with Crippen LogP contribution in [0.1, 0.15) is 12.1 Å². The van der Waals surface area contributed by atoms with Crippen molar-refractivity contribution >= 4 is 39.5 Å². The van der Waals surface area contributed by atoms with E-state index >= 15 is 0 Å². The van der Waals surface area contributed by atoms with E-state index in [-0.39, 0.29) is 18.0 Å². The number of hydrogen-bond acceptors (Lipinski definition) is 3. The Balaban J connectivity index is 1.45. The van der Waals surface area contributed by atoms with Gasteiger partial charge >= 0.3 is 0 Å². The largest absolute Gasteiger partial charge is 0.326 e. The van der Waals surface area contributed by atoms with Gasteiger partial charge in [-0.1, -0.05) is 23.7 Å². The molecular weight excluding hydrogens is 404 g/mol. The van der Waals surface area contributed by atoms with Gasteiger partial charge in [0.1, 0.15) is 0 Å². The number of nitrogens with one attached hydrogen (secondary N) is 1. The molecule has 4 nitrogen and oxygen atoms in total. The molecule has 0 saturated heterocycles. The zero-order valence-corrected chi connectivity index (χ0v) is 16.0. The summed E-state index contributed by atoms with van der Waals surface area (Å²) in [7, 11) is 0. The average Bonchev–Trinajstić information content (AvgIpc) is 3.25. The maximum absolute atomic E-state index is 13.2. The van der Waals surface area contributed by atoms with Gasteiger partial charge in [-0.2, -0.15) is 0 Å². The average molecular weight is 418 g/mol. The van der Waals surface area contributed by atoms with Crippen LogP contribution >= 0.6 is 22.9 Å². The van der Waals surface area contributed by atoms with Gasteiger partial charge in [-0.15, -0.1) is 11.3 Å². The number of hydrogen-bond donors (Lipinski definition) is 1. The first-order chi connectivity index (χ1) is 13.5. The first-order valence-electron chi connectivity index (χ1n) is 8.46. The summed E-state index contributed by atoms with van der Waals surface area (Å²) in [5.74, 6) is -2.22. The van der Waals surface area contributed by atoms with Crippen molar-refractivity contribution in [1.29, 1.82) is 0 Å². The van der Waals surface area contributed by atoms with Crippen molar-refractivity contribution in [2.75, 3.05) is 5.32 Å². The number of amides is 1. The van der Waals surface area contributed by atoms with Crippen LogP contribution in [0.3, 0.4) is 0 Å². The summed E-state index contributed by atoms with van der Waals surface area (Å²) in [6.45, 7) is 0. The van der Waals surface area contributed by atoms with E-state index in [1.165, 1.54) is 17.4 Å². The first-order valence-corrected chi connectivity index (χ1v) is 9.71. The van der Waals surface area contributed by atoms with Crippen molar-refractivity contribution in [2.24, 2.45) is 0 Å². The highest BCUT2D eigenvalue weighted by atomic mass is 35.5. The minimum absolute atomic E-state index is 0.208. The molecule has 2 heterocycles. The zero-order valence-electron chi connectivity index (χ0n) is 14.5. The van der Waals surface area contributed by atoms with Crippen molar-refractivity contribution in [3.8, 4) is 11.3 Å². The Labute approximate surface area is 168 Å². The number of benzene rings is 2. The molecular formula is C20H14ClF2N3OS. The monoisotopic (exact) mass is 417 g/mol. The summed E-state index contributed by atoms with van der Waals surface area (Å²) in [5.41, 5.74) is 2.97. The van der Waals surface area contributed by atoms with Gasteiger partial charge in [0.15, 0.2) is 16.6 Å². The molecule has 1 amide bonds. The Bertz CT molecular complexity index is 1150. The number of carbonyl (C=O) groups is 1. The van der Waals surface area contributed by atoms with E-state index in [4.69, 9.17) is 11.6 Å². The maximum atomic E-state index is 13.2. The Morgan fingerprint density at radius 1 is 1.14 bits per heavy atom. The number of imidazole rings is 1. The zero-order chi connectivity index (χ0) is 19.7. The lowest BCUT2D eigenvalue weighted by Gasteiger charge is -2.05. The summed E-state index contributed by atoms with van der Waals surface area (Å²) in [4.78, 5) is 17.6. The molecule has 8 heteroatoms. The quantitative estimate of drug-likeness (QED) is 0.461. The van der Waals surface area contributed by atoms with Crippen LogP contribution in [0.15, 0.2) is 54.0 Å². The normalized spacial score (nSPS) is 11.1. The lowest BCUT2D eigenvalue weighted by Crippen LogP contribution is -2.13. The number of anilines is 1. The molecule has 0 aliphatic rings. The van der Waals surface area contributed by atoms with Gasteiger partial charge in [0.25, 0.3) is 0 Å². The molecule has 0 unspecified atom stereocenters. The predicted molar refractivity (Wildman–Crippen MR) is 107 cm³/mol. The lowest BCUT2D eigenvalue weighted by atomic mass is 10.2. The summed E-state index contributed by atoms with van der Waals surface area (Å²) >= 11 is 7.42. The van der Waals surface area contributed by atoms with E-state index in [0.29, 0.717) is 11.4 Å². The molecule has 142 valence electrons. The second-order valence-electron chi connectivity index (χ2n) is 6.19. The summed E-state index contributed by atoms with van der Waals surface area (Å²) < 4.78 is 28.2. The molecule has 0 atom stereocenters. The second kappa shape index (κ2) is 7.69. The molecule has 28 heavy (non-hydrogen) atoms. The Morgan fingerprint density at radius 3 is 2.68 bits per heavy atom. The van der Waals surface area contributed by atoms with Gasteiger partial charge < -0.3 is 5.32 Å². The van der Waals surface area contributed by atoms with Crippen LogP contribution in [0.25, 0.3) is 16.2 Å². The molecule has 0 saturated carbocycles. The van der Waals surface area contributed by atoms with Crippen LogP contribution < -0.4 is 5.32 Å². The van der Waals surface area contributed by atoms with Gasteiger partial charge in [-0.25, -0.2) is 13.8 Å². The topological polar surface area (TPSA) is 46.4 Å². The van der Waals surface area contributed by atoms with Gasteiger partial charge in [0.05, 0.1) is 5.69 Å². The third-order valence-electron chi connectivity index (χ3n) is 4.23. The highest BCUT2D eigenvalue weighted by Crippen LogP contribution is 2.25. The van der Waals surface area contributed by atoms with Gasteiger partial charge in [0.2, 0.25) is 5.91 Å². The highest BCUT2D eigenvalue weighted by Gasteiger charge is 2.12. The smallest absolute Gasteiger partial charge is 0.224 e. The number of halogens is 3. The van der Waals surface area contributed by atoms with Gasteiger partial charge in [-0.05, 0) is 30.7 Å². The molecule has 0 aliphatic heterocycles.